The molecule has 0 heterocycles. The summed E-state index contributed by atoms with van der Waals surface area (Å²) in [6.07, 6.45) is 5.74. The molecule has 0 spiro atoms. The number of carbonyl (C=O) groups is 1. The van der Waals surface area contributed by atoms with Crippen molar-refractivity contribution in [3.05, 3.63) is 65.2 Å². The highest BCUT2D eigenvalue weighted by molar-refractivity contribution is 7.89. The van der Waals surface area contributed by atoms with Crippen LogP contribution in [0.5, 0.6) is 0 Å². The second-order valence-electron chi connectivity index (χ2n) is 8.67. The zero-order valence-corrected chi connectivity index (χ0v) is 20.5. The lowest BCUT2D eigenvalue weighted by Crippen LogP contribution is -2.20. The number of nitrogens with one attached hydrogen (secondary N) is 1. The van der Waals surface area contributed by atoms with E-state index in [1.54, 1.807) is 24.3 Å². The first-order valence-corrected chi connectivity index (χ1v) is 13.3. The van der Waals surface area contributed by atoms with Crippen molar-refractivity contribution in [2.45, 2.75) is 82.6 Å². The Hall–Kier alpha value is -2.67. The number of hydrogen-bond acceptors (Lipinski definition) is 5. The molecule has 1 aliphatic carbocycles. The van der Waals surface area contributed by atoms with E-state index in [1.807, 2.05) is 38.1 Å². The van der Waals surface area contributed by atoms with Crippen LogP contribution in [0.2, 0.25) is 0 Å². The molecule has 0 saturated carbocycles. The van der Waals surface area contributed by atoms with Gasteiger partial charge in [-0.2, -0.15) is 18.4 Å². The molecule has 0 aliphatic heterocycles. The van der Waals surface area contributed by atoms with E-state index in [0.717, 1.165) is 48.8 Å². The van der Waals surface area contributed by atoms with Crippen LogP contribution in [0.4, 0.5) is 0 Å². The van der Waals surface area contributed by atoms with Gasteiger partial charge in [-0.05, 0) is 50.3 Å². The van der Waals surface area contributed by atoms with Crippen LogP contribution >= 0.6 is 0 Å². The number of ether oxygens (including phenoxy) is 1. The topological polar surface area (TPSA) is 84.8 Å². The van der Waals surface area contributed by atoms with Crippen LogP contribution < -0.4 is 4.83 Å². The second-order valence-corrected chi connectivity index (χ2v) is 10.3. The lowest BCUT2D eigenvalue weighted by atomic mass is 9.98. The van der Waals surface area contributed by atoms with Gasteiger partial charge >= 0.3 is 5.97 Å². The molecule has 33 heavy (non-hydrogen) atoms. The van der Waals surface area contributed by atoms with Crippen molar-refractivity contribution in [1.82, 2.24) is 4.83 Å². The molecule has 0 radical (unpaired) electrons. The smallest absolute Gasteiger partial charge is 0.306 e. The molecular weight excluding hydrogens is 436 g/mol. The molecule has 0 fully saturated rings. The van der Waals surface area contributed by atoms with E-state index >= 15 is 0 Å². The average Bonchev–Trinajstić information content (AvgIpc) is 3.15. The Labute approximate surface area is 197 Å². The fraction of sp³-hybridized carbons (Fsp3) is 0.462. The van der Waals surface area contributed by atoms with Gasteiger partial charge in [0.2, 0.25) is 0 Å². The highest BCUT2D eigenvalue weighted by atomic mass is 32.2. The van der Waals surface area contributed by atoms with E-state index in [9.17, 15) is 13.2 Å². The normalized spacial score (nSPS) is 17.5. The van der Waals surface area contributed by atoms with Crippen LogP contribution in [-0.2, 0) is 19.6 Å². The molecule has 6 nitrogen and oxygen atoms in total. The number of esters is 1. The number of benzene rings is 2. The van der Waals surface area contributed by atoms with Crippen molar-refractivity contribution in [3.8, 4) is 0 Å². The molecule has 3 rings (SSSR count). The van der Waals surface area contributed by atoms with E-state index in [1.165, 1.54) is 0 Å². The minimum absolute atomic E-state index is 0.0462. The van der Waals surface area contributed by atoms with Crippen molar-refractivity contribution in [2.75, 3.05) is 0 Å². The van der Waals surface area contributed by atoms with Crippen LogP contribution in [0.25, 0.3) is 0 Å². The third-order valence-electron chi connectivity index (χ3n) is 6.08. The molecule has 1 aliphatic rings. The first-order valence-electron chi connectivity index (χ1n) is 11.8. The highest BCUT2D eigenvalue weighted by Crippen LogP contribution is 2.36. The van der Waals surface area contributed by atoms with Crippen LogP contribution in [0.3, 0.4) is 0 Å². The molecule has 2 aromatic carbocycles. The minimum Gasteiger partial charge on any atom is -0.462 e. The zero-order chi connectivity index (χ0) is 23.8. The number of carbonyl (C=O) groups excluding carboxylic acids is 1. The van der Waals surface area contributed by atoms with Gasteiger partial charge in [-0.1, -0.05) is 68.7 Å². The number of hydrazone groups is 1. The average molecular weight is 471 g/mol. The number of fused-ring (bicyclic) bond motifs is 1. The van der Waals surface area contributed by atoms with Gasteiger partial charge in [0.1, 0.15) is 6.10 Å². The molecule has 0 amide bonds. The Bertz CT molecular complexity index is 1080. The fourth-order valence-electron chi connectivity index (χ4n) is 4.15. The van der Waals surface area contributed by atoms with Gasteiger partial charge in [0, 0.05) is 11.5 Å². The maximum atomic E-state index is 12.7. The number of aryl methyl sites for hydroxylation is 1. The lowest BCUT2D eigenvalue weighted by molar-refractivity contribution is -0.150. The summed E-state index contributed by atoms with van der Waals surface area (Å²) in [4.78, 5) is 15.2. The molecular formula is C26H34N2O4S. The third kappa shape index (κ3) is 6.67. The Balaban J connectivity index is 1.69. The van der Waals surface area contributed by atoms with E-state index in [4.69, 9.17) is 4.74 Å². The van der Waals surface area contributed by atoms with Gasteiger partial charge in [-0.3, -0.25) is 4.79 Å². The van der Waals surface area contributed by atoms with Gasteiger partial charge in [-0.15, -0.1) is 0 Å². The lowest BCUT2D eigenvalue weighted by Gasteiger charge is -2.18. The summed E-state index contributed by atoms with van der Waals surface area (Å²) >= 11 is 0. The number of sulfonamides is 1. The van der Waals surface area contributed by atoms with E-state index in [2.05, 4.69) is 16.9 Å². The quantitative estimate of drug-likeness (QED) is 0.269. The Morgan fingerprint density at radius 3 is 2.55 bits per heavy atom. The molecule has 0 aromatic heterocycles. The number of unbranched alkanes of at least 4 members (excludes halogenated alkanes) is 2. The first-order chi connectivity index (χ1) is 15.8. The van der Waals surface area contributed by atoms with Crippen molar-refractivity contribution in [3.63, 3.8) is 0 Å². The summed E-state index contributed by atoms with van der Waals surface area (Å²) < 4.78 is 31.0. The van der Waals surface area contributed by atoms with E-state index in [-0.39, 0.29) is 29.3 Å². The van der Waals surface area contributed by atoms with Crippen LogP contribution in [0.1, 0.15) is 81.4 Å². The van der Waals surface area contributed by atoms with Crippen LogP contribution in [0.15, 0.2) is 58.5 Å². The van der Waals surface area contributed by atoms with Crippen molar-refractivity contribution in [2.24, 2.45) is 5.10 Å². The summed E-state index contributed by atoms with van der Waals surface area (Å²) in [5.74, 6) is -0.288. The largest absolute Gasteiger partial charge is 0.462 e. The minimum atomic E-state index is -3.77. The molecule has 2 unspecified atom stereocenters. The van der Waals surface area contributed by atoms with E-state index in [0.29, 0.717) is 12.1 Å². The van der Waals surface area contributed by atoms with Gasteiger partial charge in [0.15, 0.2) is 0 Å². The number of hydrogen-bond donors (Lipinski definition) is 1. The summed E-state index contributed by atoms with van der Waals surface area (Å²) in [5, 5.41) is 4.25. The predicted octanol–water partition coefficient (Wildman–Crippen LogP) is 5.46. The summed E-state index contributed by atoms with van der Waals surface area (Å²) in [6.45, 7) is 6.10. The Morgan fingerprint density at radius 1 is 1.12 bits per heavy atom. The third-order valence-corrected chi connectivity index (χ3v) is 7.30. The molecule has 7 heteroatoms. The monoisotopic (exact) mass is 470 g/mol. The first kappa shape index (κ1) is 25.0. The highest BCUT2D eigenvalue weighted by Gasteiger charge is 2.30. The molecule has 178 valence electrons. The molecule has 2 atom stereocenters. The Kier molecular flexibility index (Phi) is 8.67. The molecule has 0 saturated heterocycles. The maximum absolute atomic E-state index is 12.7. The Morgan fingerprint density at radius 2 is 1.85 bits per heavy atom. The van der Waals surface area contributed by atoms with Crippen LogP contribution in [0, 0.1) is 6.92 Å². The van der Waals surface area contributed by atoms with Crippen molar-refractivity contribution < 1.29 is 17.9 Å². The maximum Gasteiger partial charge on any atom is 0.306 e. The zero-order valence-electron chi connectivity index (χ0n) is 19.7. The predicted molar refractivity (Wildman–Crippen MR) is 131 cm³/mol. The second kappa shape index (κ2) is 11.5. The van der Waals surface area contributed by atoms with Crippen LogP contribution in [-0.4, -0.2) is 26.2 Å². The summed E-state index contributed by atoms with van der Waals surface area (Å²) in [5.41, 5.74) is 3.49. The standard InChI is InChI=1S/C26H34N2O4S/c1-4-6-7-10-21(5-2)32-26(29)18-20-17-25(24-12-9-8-11-23(20)24)27-28-33(30,31)22-15-13-19(3)14-16-22/h8-9,11-16,20-21,28H,4-7,10,17-18H2,1-3H3/b27-25-. The number of rotatable bonds is 11. The fourth-order valence-corrected chi connectivity index (χ4v) is 4.98. The molecule has 1 N–H and O–H groups in total. The van der Waals surface area contributed by atoms with Gasteiger partial charge in [-0.25, -0.2) is 0 Å². The SMILES string of the molecule is CCCCCC(CC)OC(=O)CC1C/C(=N/NS(=O)(=O)c2ccc(C)cc2)c2ccccc21. The van der Waals surface area contributed by atoms with Crippen molar-refractivity contribution in [1.29, 1.82) is 0 Å². The van der Waals surface area contributed by atoms with E-state index < -0.39 is 10.0 Å². The summed E-state index contributed by atoms with van der Waals surface area (Å²) in [7, 11) is -3.77. The summed E-state index contributed by atoms with van der Waals surface area (Å²) in [6, 6.07) is 14.3. The van der Waals surface area contributed by atoms with Gasteiger partial charge in [0.25, 0.3) is 10.0 Å². The number of nitrogens with zero attached hydrogens (tertiary/aromatic N) is 1. The van der Waals surface area contributed by atoms with Gasteiger partial charge < -0.3 is 4.74 Å². The molecule has 2 aromatic rings. The van der Waals surface area contributed by atoms with Crippen molar-refractivity contribution >= 4 is 21.7 Å². The van der Waals surface area contributed by atoms with Gasteiger partial charge in [0.05, 0.1) is 17.0 Å². The molecule has 0 bridgehead atoms.